The van der Waals surface area contributed by atoms with E-state index in [1.165, 1.54) is 0 Å². The maximum absolute atomic E-state index is 11.0. The lowest BCUT2D eigenvalue weighted by molar-refractivity contribution is -0.132. The quantitative estimate of drug-likeness (QED) is 0.713. The molecule has 0 spiro atoms. The number of rotatable bonds is 4. The SMILES string of the molecule is Nc1ncc(N2CC=C(C(=O)O)CC2)nc1-c1nnc(-c2ccccc2)o1. The van der Waals surface area contributed by atoms with Crippen LogP contribution in [0.3, 0.4) is 0 Å². The molecule has 0 radical (unpaired) electrons. The largest absolute Gasteiger partial charge is 0.478 e. The Hall–Kier alpha value is -3.75. The van der Waals surface area contributed by atoms with Gasteiger partial charge in [-0.3, -0.25) is 0 Å². The van der Waals surface area contributed by atoms with Crippen LogP contribution in [0.4, 0.5) is 11.6 Å². The molecular weight excluding hydrogens is 348 g/mol. The highest BCUT2D eigenvalue weighted by atomic mass is 16.4. The van der Waals surface area contributed by atoms with E-state index in [1.807, 2.05) is 35.2 Å². The number of nitrogen functional groups attached to an aromatic ring is 1. The van der Waals surface area contributed by atoms with Gasteiger partial charge in [0.25, 0.3) is 5.89 Å². The summed E-state index contributed by atoms with van der Waals surface area (Å²) in [4.78, 5) is 21.6. The van der Waals surface area contributed by atoms with Gasteiger partial charge in [-0.15, -0.1) is 10.2 Å². The zero-order chi connectivity index (χ0) is 18.8. The number of aliphatic carboxylic acids is 1. The van der Waals surface area contributed by atoms with Crippen molar-refractivity contribution in [3.05, 3.63) is 48.2 Å². The molecule has 3 heterocycles. The van der Waals surface area contributed by atoms with Crippen molar-refractivity contribution in [3.63, 3.8) is 0 Å². The second-order valence-corrected chi connectivity index (χ2v) is 5.97. The summed E-state index contributed by atoms with van der Waals surface area (Å²) < 4.78 is 5.71. The molecule has 1 aromatic carbocycles. The molecule has 0 saturated heterocycles. The number of anilines is 2. The van der Waals surface area contributed by atoms with E-state index >= 15 is 0 Å². The van der Waals surface area contributed by atoms with E-state index in [-0.39, 0.29) is 11.7 Å². The van der Waals surface area contributed by atoms with Gasteiger partial charge in [0.2, 0.25) is 5.89 Å². The minimum absolute atomic E-state index is 0.180. The van der Waals surface area contributed by atoms with Gasteiger partial charge >= 0.3 is 5.97 Å². The molecule has 0 bridgehead atoms. The van der Waals surface area contributed by atoms with Gasteiger partial charge in [-0.1, -0.05) is 24.3 Å². The van der Waals surface area contributed by atoms with Crippen molar-refractivity contribution in [2.24, 2.45) is 0 Å². The van der Waals surface area contributed by atoms with Gasteiger partial charge in [-0.25, -0.2) is 14.8 Å². The molecule has 3 aromatic rings. The van der Waals surface area contributed by atoms with Gasteiger partial charge in [0.05, 0.1) is 6.20 Å². The summed E-state index contributed by atoms with van der Waals surface area (Å²) in [6, 6.07) is 9.38. The van der Waals surface area contributed by atoms with E-state index in [9.17, 15) is 4.79 Å². The number of carbonyl (C=O) groups is 1. The summed E-state index contributed by atoms with van der Waals surface area (Å²) in [5.74, 6) is 0.404. The van der Waals surface area contributed by atoms with Crippen LogP contribution in [0.5, 0.6) is 0 Å². The molecule has 1 aliphatic rings. The highest BCUT2D eigenvalue weighted by molar-refractivity contribution is 5.87. The molecule has 9 heteroatoms. The summed E-state index contributed by atoms with van der Waals surface area (Å²) in [6.45, 7) is 0.952. The van der Waals surface area contributed by atoms with E-state index in [2.05, 4.69) is 20.2 Å². The standard InChI is InChI=1S/C18H16N6O3/c19-15-14(17-23-22-16(27-17)11-4-2-1-3-5-11)21-13(10-20-15)24-8-6-12(7-9-24)18(25)26/h1-6,10H,7-9H2,(H2,19,20)(H,25,26). The van der Waals surface area contributed by atoms with Crippen LogP contribution in [0, 0.1) is 0 Å². The number of carboxylic acid groups (broad SMARTS) is 1. The van der Waals surface area contributed by atoms with Gasteiger partial charge in [-0.2, -0.15) is 0 Å². The van der Waals surface area contributed by atoms with Gasteiger partial charge in [0, 0.05) is 24.2 Å². The maximum atomic E-state index is 11.0. The fourth-order valence-corrected chi connectivity index (χ4v) is 2.79. The van der Waals surface area contributed by atoms with Crippen LogP contribution in [-0.2, 0) is 4.79 Å². The Kier molecular flexibility index (Phi) is 4.25. The zero-order valence-electron chi connectivity index (χ0n) is 14.2. The molecule has 0 amide bonds. The zero-order valence-corrected chi connectivity index (χ0v) is 14.2. The van der Waals surface area contributed by atoms with E-state index in [0.717, 1.165) is 5.56 Å². The van der Waals surface area contributed by atoms with Crippen LogP contribution in [0.2, 0.25) is 0 Å². The number of carboxylic acids is 1. The third-order valence-corrected chi connectivity index (χ3v) is 4.24. The first kappa shape index (κ1) is 16.7. The number of aromatic nitrogens is 4. The summed E-state index contributed by atoms with van der Waals surface area (Å²) in [7, 11) is 0. The Labute approximate surface area is 154 Å². The van der Waals surface area contributed by atoms with Crippen molar-refractivity contribution in [1.29, 1.82) is 0 Å². The Bertz CT molecular complexity index is 1010. The van der Waals surface area contributed by atoms with Gasteiger partial charge in [-0.05, 0) is 18.6 Å². The van der Waals surface area contributed by atoms with Crippen LogP contribution in [0.1, 0.15) is 6.42 Å². The molecule has 3 N–H and O–H groups in total. The Balaban J connectivity index is 1.62. The van der Waals surface area contributed by atoms with Crippen LogP contribution >= 0.6 is 0 Å². The maximum Gasteiger partial charge on any atom is 0.331 e. The van der Waals surface area contributed by atoms with E-state index in [1.54, 1.807) is 12.3 Å². The molecule has 2 aromatic heterocycles. The number of benzene rings is 1. The lowest BCUT2D eigenvalue weighted by Gasteiger charge is -2.26. The van der Waals surface area contributed by atoms with Crippen molar-refractivity contribution in [3.8, 4) is 23.0 Å². The molecule has 9 nitrogen and oxygen atoms in total. The molecule has 0 atom stereocenters. The molecular formula is C18H16N6O3. The number of nitrogens with two attached hydrogens (primary N) is 1. The predicted octanol–water partition coefficient (Wildman–Crippen LogP) is 2.00. The first-order valence-corrected chi connectivity index (χ1v) is 8.31. The van der Waals surface area contributed by atoms with E-state index < -0.39 is 5.97 Å². The van der Waals surface area contributed by atoms with Crippen molar-refractivity contribution in [1.82, 2.24) is 20.2 Å². The summed E-state index contributed by atoms with van der Waals surface area (Å²) in [5, 5.41) is 17.1. The average Bonchev–Trinajstić information content (AvgIpc) is 3.19. The number of hydrogen-bond donors (Lipinski definition) is 2. The van der Waals surface area contributed by atoms with Crippen molar-refractivity contribution < 1.29 is 14.3 Å². The molecule has 0 aliphatic carbocycles. The lowest BCUT2D eigenvalue weighted by Crippen LogP contribution is -2.31. The topological polar surface area (TPSA) is 131 Å². The van der Waals surface area contributed by atoms with Crippen LogP contribution in [0.15, 0.2) is 52.6 Å². The number of nitrogens with zero attached hydrogens (tertiary/aromatic N) is 5. The van der Waals surface area contributed by atoms with Crippen LogP contribution in [-0.4, -0.2) is 44.3 Å². The molecule has 4 rings (SSSR count). The molecule has 0 unspecified atom stereocenters. The second kappa shape index (κ2) is 6.87. The van der Waals surface area contributed by atoms with Crippen molar-refractivity contribution in [2.75, 3.05) is 23.7 Å². The average molecular weight is 364 g/mol. The normalized spacial score (nSPS) is 14.1. The lowest BCUT2D eigenvalue weighted by atomic mass is 10.1. The highest BCUT2D eigenvalue weighted by Gasteiger charge is 2.21. The molecule has 27 heavy (non-hydrogen) atoms. The first-order valence-electron chi connectivity index (χ1n) is 8.31. The second-order valence-electron chi connectivity index (χ2n) is 5.97. The molecule has 136 valence electrons. The summed E-state index contributed by atoms with van der Waals surface area (Å²) in [6.07, 6.45) is 3.64. The summed E-state index contributed by atoms with van der Waals surface area (Å²) >= 11 is 0. The smallest absolute Gasteiger partial charge is 0.331 e. The minimum Gasteiger partial charge on any atom is -0.478 e. The van der Waals surface area contributed by atoms with Gasteiger partial charge in [0.1, 0.15) is 5.82 Å². The number of hydrogen-bond acceptors (Lipinski definition) is 8. The molecule has 0 fully saturated rings. The first-order chi connectivity index (χ1) is 13.1. The van der Waals surface area contributed by atoms with E-state index in [0.29, 0.717) is 42.5 Å². The van der Waals surface area contributed by atoms with E-state index in [4.69, 9.17) is 15.3 Å². The third kappa shape index (κ3) is 3.34. The fraction of sp³-hybridized carbons (Fsp3) is 0.167. The monoisotopic (exact) mass is 364 g/mol. The molecule has 0 saturated carbocycles. The van der Waals surface area contributed by atoms with Crippen molar-refractivity contribution >= 4 is 17.6 Å². The fourth-order valence-electron chi connectivity index (χ4n) is 2.79. The predicted molar refractivity (Wildman–Crippen MR) is 97.7 cm³/mol. The Morgan fingerprint density at radius 3 is 2.67 bits per heavy atom. The minimum atomic E-state index is -0.891. The van der Waals surface area contributed by atoms with Crippen LogP contribution in [0.25, 0.3) is 23.0 Å². The highest BCUT2D eigenvalue weighted by Crippen LogP contribution is 2.27. The molecule has 1 aliphatic heterocycles. The Morgan fingerprint density at radius 1 is 1.19 bits per heavy atom. The van der Waals surface area contributed by atoms with Gasteiger partial charge in [0.15, 0.2) is 11.5 Å². The summed E-state index contributed by atoms with van der Waals surface area (Å²) in [5.41, 5.74) is 7.45. The van der Waals surface area contributed by atoms with Crippen LogP contribution < -0.4 is 10.6 Å². The van der Waals surface area contributed by atoms with Gasteiger partial charge < -0.3 is 20.2 Å². The Morgan fingerprint density at radius 2 is 1.96 bits per heavy atom. The third-order valence-electron chi connectivity index (χ3n) is 4.24. The van der Waals surface area contributed by atoms with Crippen molar-refractivity contribution in [2.45, 2.75) is 6.42 Å².